The van der Waals surface area contributed by atoms with Gasteiger partial charge in [-0.3, -0.25) is 4.79 Å². The van der Waals surface area contributed by atoms with Gasteiger partial charge in [0.15, 0.2) is 0 Å². The molecule has 2 nitrogen and oxygen atoms in total. The van der Waals surface area contributed by atoms with Gasteiger partial charge in [-0.15, -0.1) is 0 Å². The lowest BCUT2D eigenvalue weighted by Gasteiger charge is -2.51. The summed E-state index contributed by atoms with van der Waals surface area (Å²) in [5.74, 6) is 0.914. The molecule has 0 unspecified atom stereocenters. The van der Waals surface area contributed by atoms with Crippen molar-refractivity contribution in [2.24, 2.45) is 11.8 Å². The van der Waals surface area contributed by atoms with Gasteiger partial charge in [-0.05, 0) is 24.7 Å². The number of carbonyl (C=O) groups is 1. The van der Waals surface area contributed by atoms with Crippen LogP contribution in [-0.4, -0.2) is 14.5 Å². The highest BCUT2D eigenvalue weighted by Gasteiger charge is 2.52. The molecule has 0 heterocycles. The molecule has 80 valence electrons. The molecule has 2 saturated carbocycles. The number of alkyl halides is 1. The largest absolute Gasteiger partial charge is 0.481 e. The van der Waals surface area contributed by atoms with E-state index < -0.39 is 5.97 Å². The summed E-state index contributed by atoms with van der Waals surface area (Å²) >= 11 is 2.41. The Labute approximate surface area is 98.6 Å². The highest BCUT2D eigenvalue weighted by Crippen LogP contribution is 2.57. The standard InChI is InChI=1S/C11H17IO2/c12-11(7-10(13)14)6-8-4-2-1-3-5-9(8)11/h8-9H,1-7H2,(H,13,14)/t8-,9-,11-/m1/s1. The molecule has 0 spiro atoms. The summed E-state index contributed by atoms with van der Waals surface area (Å²) in [6.07, 6.45) is 8.15. The Morgan fingerprint density at radius 1 is 1.36 bits per heavy atom. The van der Waals surface area contributed by atoms with E-state index in [1.54, 1.807) is 0 Å². The fraction of sp³-hybridized carbons (Fsp3) is 0.909. The van der Waals surface area contributed by atoms with Crippen molar-refractivity contribution in [3.63, 3.8) is 0 Å². The first-order valence-electron chi connectivity index (χ1n) is 5.52. The molecule has 0 amide bonds. The van der Waals surface area contributed by atoms with Crippen LogP contribution in [0.25, 0.3) is 0 Å². The Morgan fingerprint density at radius 2 is 2.07 bits per heavy atom. The lowest BCUT2D eigenvalue weighted by molar-refractivity contribution is -0.139. The second-order valence-corrected chi connectivity index (χ2v) is 6.96. The van der Waals surface area contributed by atoms with Gasteiger partial charge in [0.1, 0.15) is 0 Å². The van der Waals surface area contributed by atoms with E-state index in [1.165, 1.54) is 32.1 Å². The lowest BCUT2D eigenvalue weighted by atomic mass is 9.61. The van der Waals surface area contributed by atoms with Crippen molar-refractivity contribution in [1.82, 2.24) is 0 Å². The zero-order chi connectivity index (χ0) is 10.2. The van der Waals surface area contributed by atoms with Crippen molar-refractivity contribution in [2.75, 3.05) is 0 Å². The molecule has 0 bridgehead atoms. The van der Waals surface area contributed by atoms with E-state index in [0.717, 1.165) is 12.3 Å². The average Bonchev–Trinajstić information content (AvgIpc) is 2.25. The third-order valence-electron chi connectivity index (χ3n) is 3.87. The van der Waals surface area contributed by atoms with Crippen LogP contribution >= 0.6 is 22.6 Å². The number of fused-ring (bicyclic) bond motifs is 1. The average molecular weight is 308 g/mol. The van der Waals surface area contributed by atoms with Gasteiger partial charge in [-0.2, -0.15) is 0 Å². The van der Waals surface area contributed by atoms with Crippen molar-refractivity contribution >= 4 is 28.6 Å². The molecule has 0 saturated heterocycles. The molecule has 3 atom stereocenters. The Bertz CT molecular complexity index is 241. The van der Waals surface area contributed by atoms with E-state index in [2.05, 4.69) is 22.6 Å². The minimum Gasteiger partial charge on any atom is -0.481 e. The van der Waals surface area contributed by atoms with Gasteiger partial charge in [-0.25, -0.2) is 0 Å². The fourth-order valence-corrected chi connectivity index (χ4v) is 4.90. The number of carboxylic acids is 1. The van der Waals surface area contributed by atoms with E-state index in [-0.39, 0.29) is 3.42 Å². The van der Waals surface area contributed by atoms with Crippen LogP contribution in [0.5, 0.6) is 0 Å². The number of aliphatic carboxylic acids is 1. The smallest absolute Gasteiger partial charge is 0.304 e. The third kappa shape index (κ3) is 1.92. The number of halogens is 1. The maximum absolute atomic E-state index is 10.8. The fourth-order valence-electron chi connectivity index (χ4n) is 3.19. The first-order chi connectivity index (χ1) is 6.62. The van der Waals surface area contributed by atoms with Crippen molar-refractivity contribution in [3.8, 4) is 0 Å². The molecular formula is C11H17IO2. The lowest BCUT2D eigenvalue weighted by Crippen LogP contribution is -2.50. The highest BCUT2D eigenvalue weighted by atomic mass is 127. The monoisotopic (exact) mass is 308 g/mol. The number of hydrogen-bond acceptors (Lipinski definition) is 1. The van der Waals surface area contributed by atoms with Crippen molar-refractivity contribution in [3.05, 3.63) is 0 Å². The Balaban J connectivity index is 1.99. The first-order valence-corrected chi connectivity index (χ1v) is 6.60. The maximum atomic E-state index is 10.8. The second kappa shape index (κ2) is 3.99. The summed E-state index contributed by atoms with van der Waals surface area (Å²) in [5.41, 5.74) is 0. The van der Waals surface area contributed by atoms with E-state index in [1.807, 2.05) is 0 Å². The van der Waals surface area contributed by atoms with Gasteiger partial charge in [-0.1, -0.05) is 48.3 Å². The molecule has 2 aliphatic rings. The van der Waals surface area contributed by atoms with Crippen molar-refractivity contribution in [1.29, 1.82) is 0 Å². The van der Waals surface area contributed by atoms with E-state index in [4.69, 9.17) is 5.11 Å². The summed E-state index contributed by atoms with van der Waals surface area (Å²) in [7, 11) is 0. The molecule has 2 rings (SSSR count). The molecule has 0 aliphatic heterocycles. The Hall–Kier alpha value is 0.200. The first kappa shape index (κ1) is 10.7. The Morgan fingerprint density at radius 3 is 2.79 bits per heavy atom. The van der Waals surface area contributed by atoms with Crippen LogP contribution in [-0.2, 0) is 4.79 Å². The molecule has 1 N–H and O–H groups in total. The van der Waals surface area contributed by atoms with Crippen LogP contribution in [0, 0.1) is 11.8 Å². The molecule has 3 heteroatoms. The molecule has 0 radical (unpaired) electrons. The van der Waals surface area contributed by atoms with Gasteiger partial charge in [0.2, 0.25) is 0 Å². The molecule has 0 aromatic rings. The number of carboxylic acid groups (broad SMARTS) is 1. The zero-order valence-electron chi connectivity index (χ0n) is 8.34. The summed E-state index contributed by atoms with van der Waals surface area (Å²) in [4.78, 5) is 10.8. The summed E-state index contributed by atoms with van der Waals surface area (Å²) in [6.45, 7) is 0. The Kier molecular flexibility index (Phi) is 3.05. The van der Waals surface area contributed by atoms with Gasteiger partial charge in [0.05, 0.1) is 6.42 Å². The van der Waals surface area contributed by atoms with Crippen LogP contribution in [0.15, 0.2) is 0 Å². The molecule has 14 heavy (non-hydrogen) atoms. The number of rotatable bonds is 2. The summed E-state index contributed by atoms with van der Waals surface area (Å²) < 4.78 is 0.0958. The van der Waals surface area contributed by atoms with Crippen LogP contribution in [0.1, 0.15) is 44.9 Å². The van der Waals surface area contributed by atoms with E-state index >= 15 is 0 Å². The predicted molar refractivity (Wildman–Crippen MR) is 63.7 cm³/mol. The molecule has 2 fully saturated rings. The van der Waals surface area contributed by atoms with Gasteiger partial charge < -0.3 is 5.11 Å². The van der Waals surface area contributed by atoms with Crippen LogP contribution in [0.3, 0.4) is 0 Å². The minimum absolute atomic E-state index is 0.0958. The SMILES string of the molecule is O=C(O)C[C@]1(I)C[C@H]2CCCCC[C@H]21. The van der Waals surface area contributed by atoms with Crippen LogP contribution in [0.2, 0.25) is 0 Å². The zero-order valence-corrected chi connectivity index (χ0v) is 10.5. The van der Waals surface area contributed by atoms with Crippen LogP contribution < -0.4 is 0 Å². The molecular weight excluding hydrogens is 291 g/mol. The highest BCUT2D eigenvalue weighted by molar-refractivity contribution is 14.1. The quantitative estimate of drug-likeness (QED) is 0.628. The molecule has 2 aliphatic carbocycles. The van der Waals surface area contributed by atoms with Crippen LogP contribution in [0.4, 0.5) is 0 Å². The van der Waals surface area contributed by atoms with Gasteiger partial charge >= 0.3 is 5.97 Å². The predicted octanol–water partition coefficient (Wildman–Crippen LogP) is 3.24. The second-order valence-electron chi connectivity index (χ2n) is 4.81. The molecule has 0 aromatic carbocycles. The van der Waals surface area contributed by atoms with E-state index in [0.29, 0.717) is 12.3 Å². The summed E-state index contributed by atoms with van der Waals surface area (Å²) in [6, 6.07) is 0. The van der Waals surface area contributed by atoms with Crippen molar-refractivity contribution in [2.45, 2.75) is 48.4 Å². The molecule has 0 aromatic heterocycles. The third-order valence-corrected chi connectivity index (χ3v) is 5.49. The summed E-state index contributed by atoms with van der Waals surface area (Å²) in [5, 5.41) is 8.87. The maximum Gasteiger partial charge on any atom is 0.304 e. The van der Waals surface area contributed by atoms with Gasteiger partial charge in [0, 0.05) is 3.42 Å². The van der Waals surface area contributed by atoms with E-state index in [9.17, 15) is 4.79 Å². The normalized spacial score (nSPS) is 42.1. The minimum atomic E-state index is -0.623. The topological polar surface area (TPSA) is 37.3 Å². The van der Waals surface area contributed by atoms with Crippen molar-refractivity contribution < 1.29 is 9.90 Å². The van der Waals surface area contributed by atoms with Gasteiger partial charge in [0.25, 0.3) is 0 Å². The number of hydrogen-bond donors (Lipinski definition) is 1.